The zero-order valence-corrected chi connectivity index (χ0v) is 63.3. The molecule has 108 heavy (non-hydrogen) atoms. The topological polar surface area (TPSA) is 662 Å². The zero-order valence-electron chi connectivity index (χ0n) is 61.6. The van der Waals surface area contributed by atoms with Crippen LogP contribution in [0.15, 0.2) is 75.8 Å². The number of benzene rings is 2. The van der Waals surface area contributed by atoms with Crippen molar-refractivity contribution < 1.29 is 67.4 Å². The summed E-state index contributed by atoms with van der Waals surface area (Å²) in [6.45, 7) is 6.11. The summed E-state index contributed by atoms with van der Waals surface area (Å²) in [5.41, 5.74) is 52.3. The number of thioether (sulfide) groups is 1. The van der Waals surface area contributed by atoms with E-state index in [0.717, 1.165) is 0 Å². The number of guanidine groups is 3. The number of aliphatic carboxylic acids is 1. The Balaban J connectivity index is 1.95. The third-order valence-electron chi connectivity index (χ3n) is 16.8. The van der Waals surface area contributed by atoms with Crippen molar-refractivity contribution in [2.75, 3.05) is 43.9 Å². The van der Waals surface area contributed by atoms with Gasteiger partial charge in [-0.2, -0.15) is 24.4 Å². The number of nitrogens with zero attached hydrogens (tertiary/aromatic N) is 3. The summed E-state index contributed by atoms with van der Waals surface area (Å²) in [6, 6.07) is -0.825. The van der Waals surface area contributed by atoms with Crippen LogP contribution in [0.1, 0.15) is 116 Å². The molecule has 12 atom stereocenters. The number of primary amides is 1. The number of amides is 12. The van der Waals surface area contributed by atoms with Gasteiger partial charge in [-0.1, -0.05) is 62.4 Å². The molecule has 3 aromatic rings. The number of thiol groups is 1. The van der Waals surface area contributed by atoms with Crippen molar-refractivity contribution in [1.29, 1.82) is 0 Å². The van der Waals surface area contributed by atoms with Gasteiger partial charge in [0.1, 0.15) is 66.5 Å². The normalized spacial score (nSPS) is 14.4. The number of rotatable bonds is 51. The first kappa shape index (κ1) is 91.7. The molecule has 0 spiro atoms. The second kappa shape index (κ2) is 48.7. The highest BCUT2D eigenvalue weighted by atomic mass is 32.2. The van der Waals surface area contributed by atoms with Crippen LogP contribution in [0.25, 0.3) is 10.9 Å². The Kier molecular flexibility index (Phi) is 41.3. The lowest BCUT2D eigenvalue weighted by Crippen LogP contribution is -2.60. The van der Waals surface area contributed by atoms with Crippen LogP contribution in [-0.2, 0) is 75.2 Å². The van der Waals surface area contributed by atoms with Gasteiger partial charge in [-0.15, -0.1) is 0 Å². The quantitative estimate of drug-likeness (QED) is 0.0109. The van der Waals surface area contributed by atoms with E-state index in [0.29, 0.717) is 34.9 Å². The molecule has 0 aliphatic carbocycles. The van der Waals surface area contributed by atoms with E-state index < -0.39 is 168 Å². The van der Waals surface area contributed by atoms with Crippen molar-refractivity contribution >= 4 is 130 Å². The molecule has 3 rings (SSSR count). The van der Waals surface area contributed by atoms with Crippen LogP contribution in [0.2, 0.25) is 0 Å². The molecule has 598 valence electrons. The van der Waals surface area contributed by atoms with Gasteiger partial charge >= 0.3 is 5.97 Å². The van der Waals surface area contributed by atoms with Crippen LogP contribution in [-0.4, -0.2) is 221 Å². The maximum absolute atomic E-state index is 14.8. The summed E-state index contributed by atoms with van der Waals surface area (Å²) in [4.78, 5) is 196. The molecule has 1 heterocycles. The molecule has 2 aromatic carbocycles. The number of H-pyrrole nitrogens is 1. The summed E-state index contributed by atoms with van der Waals surface area (Å²) in [5.74, 6) is -12.9. The second-order valence-electron chi connectivity index (χ2n) is 26.0. The van der Waals surface area contributed by atoms with Crippen molar-refractivity contribution in [3.05, 3.63) is 71.9 Å². The largest absolute Gasteiger partial charge is 0.480 e. The Bertz CT molecular complexity index is 3570. The highest BCUT2D eigenvalue weighted by Crippen LogP contribution is 2.20. The van der Waals surface area contributed by atoms with Crippen LogP contribution < -0.4 is 110 Å². The Morgan fingerprint density at radius 3 is 1.33 bits per heavy atom. The Hall–Kier alpha value is -10.5. The molecule has 0 fully saturated rings. The lowest BCUT2D eigenvalue weighted by molar-refractivity contribution is -0.143. The first-order valence-corrected chi connectivity index (χ1v) is 37.4. The van der Waals surface area contributed by atoms with E-state index in [2.05, 4.69) is 91.1 Å². The molecule has 31 N–H and O–H groups in total. The maximum atomic E-state index is 14.8. The van der Waals surface area contributed by atoms with Crippen LogP contribution in [0.5, 0.6) is 0 Å². The molecule has 0 radical (unpaired) electrons. The monoisotopic (exact) mass is 1550 g/mol. The standard InChI is InChI=1S/C68H110N24O14S2/c1-36(2)53(64(104)89-49(65(105)106)23-15-30-80-68(76)77)92-61(101)44(20-11-12-27-69)85-58(98)46(22-14-29-79-67(74)75)87-60(100)48(26-31-108-5)84-54(94)37(3)82-57(97)45(21-13-28-78-66(72)73)86-59(99)47(24-25-52(71)93)88-63(103)51(33-40-34-81-43-19-10-9-18-41(40)43)90-55(95)38(4)83-62(102)50(91-56(96)42(70)35-107)32-39-16-7-6-8-17-39/h6-10,16-19,34,36-38,42,44-51,53,81,107H,11-15,20-33,35,69-70H2,1-5H3,(H2,71,93)(H,82,97)(H,83,102)(H,84,94)(H,85,98)(H,86,99)(H,87,100)(H,88,103)(H,89,104)(H,90,95)(H,91,96)(H,92,101)(H,105,106)(H4,72,73,78)(H4,74,75,79)(H4,76,77,80)/t37-,38-,42-,44-,45-,46-,47-,48-,49-,50-,51-,53-/m0/s1. The van der Waals surface area contributed by atoms with Crippen LogP contribution in [0.4, 0.5) is 0 Å². The zero-order chi connectivity index (χ0) is 80.6. The number of aromatic amines is 1. The number of carbonyl (C=O) groups excluding carboxylic acids is 12. The highest BCUT2D eigenvalue weighted by molar-refractivity contribution is 7.98. The number of hydrogen-bond acceptors (Lipinski definition) is 20. The van der Waals surface area contributed by atoms with Gasteiger partial charge in [0.05, 0.1) is 6.04 Å². The van der Waals surface area contributed by atoms with Crippen molar-refractivity contribution in [2.45, 2.75) is 190 Å². The van der Waals surface area contributed by atoms with Gasteiger partial charge in [0.15, 0.2) is 17.9 Å². The number of carboxylic acid groups (broad SMARTS) is 1. The van der Waals surface area contributed by atoms with Gasteiger partial charge in [0.2, 0.25) is 70.9 Å². The number of fused-ring (bicyclic) bond motifs is 1. The summed E-state index contributed by atoms with van der Waals surface area (Å²) in [7, 11) is 0. The fourth-order valence-electron chi connectivity index (χ4n) is 10.8. The van der Waals surface area contributed by atoms with E-state index in [1.807, 2.05) is 0 Å². The van der Waals surface area contributed by atoms with E-state index in [9.17, 15) is 67.4 Å². The summed E-state index contributed by atoms with van der Waals surface area (Å²) in [6.07, 6.45) is 2.86. The molecular weight excluding hydrogens is 1440 g/mol. The highest BCUT2D eigenvalue weighted by Gasteiger charge is 2.37. The number of para-hydroxylation sites is 1. The van der Waals surface area contributed by atoms with Crippen molar-refractivity contribution in [2.24, 2.45) is 72.5 Å². The average molecular weight is 1550 g/mol. The Morgan fingerprint density at radius 2 is 0.861 bits per heavy atom. The van der Waals surface area contributed by atoms with Crippen LogP contribution >= 0.6 is 24.4 Å². The van der Waals surface area contributed by atoms with E-state index in [1.165, 1.54) is 25.6 Å². The molecule has 0 unspecified atom stereocenters. The smallest absolute Gasteiger partial charge is 0.326 e. The average Bonchev–Trinajstić information content (AvgIpc) is 1.66. The SMILES string of the molecule is CSCC[C@H](NC(=O)[C@H](C)NC(=O)[C@H](CCCN=C(N)N)NC(=O)[C@H](CCC(N)=O)NC(=O)[C@H](Cc1c[nH]c2ccccc12)NC(=O)[C@H](C)NC(=O)[C@H](Cc1ccccc1)NC(=O)[C@@H](N)CS)C(=O)N[C@@H](CCCN=C(N)N)C(=O)N[C@@H](CCCCN)C(=O)N[C@H](C(=O)N[C@@H](CCCN=C(N)N)C(=O)O)C(C)C. The number of aliphatic imine (C=N–C) groups is 3. The number of hydrogen-bond donors (Lipinski definition) is 23. The molecular formula is C68H110N24O14S2. The molecule has 0 aliphatic heterocycles. The molecule has 0 saturated carbocycles. The number of nitrogens with one attached hydrogen (secondary N) is 12. The number of unbranched alkanes of at least 4 members (excludes halogenated alkanes) is 1. The maximum Gasteiger partial charge on any atom is 0.326 e. The fraction of sp³-hybridized carbons (Fsp3) is 0.559. The number of carboxylic acids is 1. The summed E-state index contributed by atoms with van der Waals surface area (Å²) in [5, 5.41) is 39.3. The fourth-order valence-corrected chi connectivity index (χ4v) is 11.4. The molecule has 40 heteroatoms. The third kappa shape index (κ3) is 34.0. The predicted octanol–water partition coefficient (Wildman–Crippen LogP) is -5.37. The molecule has 0 aliphatic rings. The lowest BCUT2D eigenvalue weighted by Gasteiger charge is -2.28. The van der Waals surface area contributed by atoms with Gasteiger partial charge in [0.25, 0.3) is 0 Å². The van der Waals surface area contributed by atoms with Crippen molar-refractivity contribution in [1.82, 2.24) is 63.5 Å². The Labute approximate surface area is 636 Å². The lowest BCUT2D eigenvalue weighted by atomic mass is 10.0. The van der Waals surface area contributed by atoms with Crippen molar-refractivity contribution in [3.63, 3.8) is 0 Å². The van der Waals surface area contributed by atoms with E-state index in [4.69, 9.17) is 51.6 Å². The number of nitrogens with two attached hydrogens (primary N) is 9. The van der Waals surface area contributed by atoms with Crippen LogP contribution in [0.3, 0.4) is 0 Å². The number of carbonyl (C=O) groups is 13. The first-order chi connectivity index (χ1) is 51.2. The van der Waals surface area contributed by atoms with Gasteiger partial charge in [-0.25, -0.2) is 4.79 Å². The minimum absolute atomic E-state index is 0.00208. The molecule has 12 amide bonds. The molecule has 0 bridgehead atoms. The van der Waals surface area contributed by atoms with Crippen molar-refractivity contribution in [3.8, 4) is 0 Å². The summed E-state index contributed by atoms with van der Waals surface area (Å²) >= 11 is 5.41. The predicted molar refractivity (Wildman–Crippen MR) is 413 cm³/mol. The third-order valence-corrected chi connectivity index (χ3v) is 17.8. The molecule has 0 saturated heterocycles. The molecule has 1 aromatic heterocycles. The van der Waals surface area contributed by atoms with Gasteiger partial charge in [0, 0.05) is 61.7 Å². The van der Waals surface area contributed by atoms with E-state index >= 15 is 0 Å². The van der Waals surface area contributed by atoms with E-state index in [1.54, 1.807) is 80.9 Å². The minimum atomic E-state index is -1.65. The second-order valence-corrected chi connectivity index (χ2v) is 27.3. The van der Waals surface area contributed by atoms with E-state index in [-0.39, 0.29) is 120 Å². The van der Waals surface area contributed by atoms with Gasteiger partial charge < -0.3 is 120 Å². The van der Waals surface area contributed by atoms with Gasteiger partial charge in [-0.05, 0) is 126 Å². The minimum Gasteiger partial charge on any atom is -0.480 e. The van der Waals surface area contributed by atoms with Gasteiger partial charge in [-0.3, -0.25) is 72.5 Å². The first-order valence-electron chi connectivity index (χ1n) is 35.4. The summed E-state index contributed by atoms with van der Waals surface area (Å²) < 4.78 is 0. The molecule has 38 nitrogen and oxygen atoms in total. The Morgan fingerprint density at radius 1 is 0.463 bits per heavy atom. The number of aromatic nitrogens is 1. The van der Waals surface area contributed by atoms with Crippen LogP contribution in [0, 0.1) is 5.92 Å².